The van der Waals surface area contributed by atoms with Crippen LogP contribution in [-0.2, 0) is 0 Å². The van der Waals surface area contributed by atoms with Crippen molar-refractivity contribution in [2.45, 2.75) is 13.8 Å². The molecule has 0 aliphatic rings. The first kappa shape index (κ1) is 12.8. The van der Waals surface area contributed by atoms with Crippen LogP contribution in [0.25, 0.3) is 0 Å². The van der Waals surface area contributed by atoms with Crippen molar-refractivity contribution in [3.05, 3.63) is 40.0 Å². The fraction of sp³-hybridized carbons (Fsp3) is 0.231. The molecule has 0 saturated carbocycles. The van der Waals surface area contributed by atoms with Crippen LogP contribution in [0, 0.1) is 13.8 Å². The summed E-state index contributed by atoms with van der Waals surface area (Å²) in [5, 5.41) is 6.24. The molecule has 1 aromatic heterocycles. The summed E-state index contributed by atoms with van der Waals surface area (Å²) in [6.45, 7) is 4.13. The Morgan fingerprint density at radius 2 is 2.00 bits per heavy atom. The van der Waals surface area contributed by atoms with Gasteiger partial charge in [0.25, 0.3) is 0 Å². The molecule has 0 bridgehead atoms. The van der Waals surface area contributed by atoms with E-state index in [1.807, 2.05) is 0 Å². The first-order valence-corrected chi connectivity index (χ1v) is 6.44. The van der Waals surface area contributed by atoms with E-state index in [1.165, 1.54) is 11.1 Å². The Morgan fingerprint density at radius 1 is 1.22 bits per heavy atom. The van der Waals surface area contributed by atoms with Crippen LogP contribution in [0.2, 0.25) is 0 Å². The van der Waals surface area contributed by atoms with E-state index >= 15 is 0 Å². The van der Waals surface area contributed by atoms with Crippen LogP contribution >= 0.6 is 15.9 Å². The number of hydrogen-bond acceptors (Lipinski definition) is 4. The zero-order valence-electron chi connectivity index (χ0n) is 10.6. The summed E-state index contributed by atoms with van der Waals surface area (Å²) in [5.41, 5.74) is 3.44. The van der Waals surface area contributed by atoms with E-state index in [0.717, 1.165) is 16.0 Å². The standard InChI is InChI=1S/C13H15BrN4/c1-8-4-5-9(2)11(6-8)17-12-10(14)7-16-13(15-3)18-12/h4-7H,1-3H3,(H2,15,16,17,18). The van der Waals surface area contributed by atoms with Crippen LogP contribution in [0.5, 0.6) is 0 Å². The first-order valence-electron chi connectivity index (χ1n) is 5.64. The quantitative estimate of drug-likeness (QED) is 0.909. The molecule has 0 aliphatic carbocycles. The maximum atomic E-state index is 4.38. The number of halogens is 1. The summed E-state index contributed by atoms with van der Waals surface area (Å²) >= 11 is 3.44. The number of nitrogens with zero attached hydrogens (tertiary/aromatic N) is 2. The lowest BCUT2D eigenvalue weighted by molar-refractivity contribution is 1.14. The van der Waals surface area contributed by atoms with Gasteiger partial charge in [0, 0.05) is 18.9 Å². The Kier molecular flexibility index (Phi) is 3.81. The Morgan fingerprint density at radius 3 is 2.72 bits per heavy atom. The van der Waals surface area contributed by atoms with Crippen molar-refractivity contribution < 1.29 is 0 Å². The molecule has 0 saturated heterocycles. The van der Waals surface area contributed by atoms with E-state index in [9.17, 15) is 0 Å². The van der Waals surface area contributed by atoms with Crippen molar-refractivity contribution in [3.63, 3.8) is 0 Å². The van der Waals surface area contributed by atoms with Gasteiger partial charge < -0.3 is 10.6 Å². The van der Waals surface area contributed by atoms with Gasteiger partial charge in [0.2, 0.25) is 5.95 Å². The van der Waals surface area contributed by atoms with Gasteiger partial charge in [-0.25, -0.2) is 4.98 Å². The van der Waals surface area contributed by atoms with E-state index in [1.54, 1.807) is 13.2 Å². The Hall–Kier alpha value is -1.62. The van der Waals surface area contributed by atoms with Crippen LogP contribution < -0.4 is 10.6 Å². The molecule has 2 N–H and O–H groups in total. The molecule has 4 nitrogen and oxygen atoms in total. The number of aryl methyl sites for hydroxylation is 2. The summed E-state index contributed by atoms with van der Waals surface area (Å²) < 4.78 is 0.836. The van der Waals surface area contributed by atoms with Crippen molar-refractivity contribution in [2.75, 3.05) is 17.7 Å². The van der Waals surface area contributed by atoms with Crippen molar-refractivity contribution in [3.8, 4) is 0 Å². The second-order valence-electron chi connectivity index (χ2n) is 4.08. The lowest BCUT2D eigenvalue weighted by atomic mass is 10.1. The highest BCUT2D eigenvalue weighted by Crippen LogP contribution is 2.26. The Labute approximate surface area is 115 Å². The highest BCUT2D eigenvalue weighted by molar-refractivity contribution is 9.10. The molecular formula is C13H15BrN4. The summed E-state index contributed by atoms with van der Waals surface area (Å²) in [7, 11) is 1.80. The molecule has 0 aliphatic heterocycles. The van der Waals surface area contributed by atoms with Crippen LogP contribution in [0.3, 0.4) is 0 Å². The molecule has 94 valence electrons. The molecule has 0 atom stereocenters. The Balaban J connectivity index is 2.36. The highest BCUT2D eigenvalue weighted by Gasteiger charge is 2.06. The molecule has 1 aromatic carbocycles. The van der Waals surface area contributed by atoms with E-state index in [-0.39, 0.29) is 0 Å². The van der Waals surface area contributed by atoms with E-state index in [2.05, 4.69) is 68.6 Å². The minimum atomic E-state index is 0.589. The van der Waals surface area contributed by atoms with Gasteiger partial charge in [0.05, 0.1) is 4.47 Å². The van der Waals surface area contributed by atoms with Gasteiger partial charge >= 0.3 is 0 Å². The molecule has 0 radical (unpaired) electrons. The van der Waals surface area contributed by atoms with Crippen LogP contribution in [0.15, 0.2) is 28.9 Å². The summed E-state index contributed by atoms with van der Waals surface area (Å²) in [4.78, 5) is 8.51. The number of aromatic nitrogens is 2. The van der Waals surface area contributed by atoms with Gasteiger partial charge in [-0.05, 0) is 47.0 Å². The fourth-order valence-electron chi connectivity index (χ4n) is 1.57. The second-order valence-corrected chi connectivity index (χ2v) is 4.94. The largest absolute Gasteiger partial charge is 0.357 e. The summed E-state index contributed by atoms with van der Waals surface area (Å²) in [6, 6.07) is 6.28. The van der Waals surface area contributed by atoms with Crippen molar-refractivity contribution in [2.24, 2.45) is 0 Å². The van der Waals surface area contributed by atoms with Gasteiger partial charge in [-0.1, -0.05) is 12.1 Å². The number of nitrogens with one attached hydrogen (secondary N) is 2. The molecule has 0 fully saturated rings. The van der Waals surface area contributed by atoms with Gasteiger partial charge in [-0.15, -0.1) is 0 Å². The average Bonchev–Trinajstić information content (AvgIpc) is 2.36. The van der Waals surface area contributed by atoms with E-state index < -0.39 is 0 Å². The maximum absolute atomic E-state index is 4.38. The normalized spacial score (nSPS) is 10.2. The molecule has 0 unspecified atom stereocenters. The van der Waals surface area contributed by atoms with Crippen LogP contribution in [0.1, 0.15) is 11.1 Å². The Bertz CT molecular complexity index is 569. The van der Waals surface area contributed by atoms with Crippen molar-refractivity contribution >= 4 is 33.4 Å². The molecule has 2 rings (SSSR count). The van der Waals surface area contributed by atoms with Crippen LogP contribution in [0.4, 0.5) is 17.5 Å². The molecule has 0 amide bonds. The zero-order valence-corrected chi connectivity index (χ0v) is 12.2. The van der Waals surface area contributed by atoms with Gasteiger partial charge in [-0.2, -0.15) is 4.98 Å². The predicted octanol–water partition coefficient (Wildman–Crippen LogP) is 3.64. The maximum Gasteiger partial charge on any atom is 0.224 e. The third-order valence-electron chi connectivity index (χ3n) is 2.61. The lowest BCUT2D eigenvalue weighted by Gasteiger charge is -2.11. The van der Waals surface area contributed by atoms with Crippen molar-refractivity contribution in [1.82, 2.24) is 9.97 Å². The molecule has 1 heterocycles. The number of benzene rings is 1. The topological polar surface area (TPSA) is 49.8 Å². The first-order chi connectivity index (χ1) is 8.60. The third-order valence-corrected chi connectivity index (χ3v) is 3.19. The molecule has 2 aromatic rings. The SMILES string of the molecule is CNc1ncc(Br)c(Nc2cc(C)ccc2C)n1. The lowest BCUT2D eigenvalue weighted by Crippen LogP contribution is -2.02. The average molecular weight is 307 g/mol. The smallest absolute Gasteiger partial charge is 0.224 e. The summed E-state index contributed by atoms with van der Waals surface area (Å²) in [6.07, 6.45) is 1.73. The predicted molar refractivity (Wildman–Crippen MR) is 78.5 cm³/mol. The summed E-state index contributed by atoms with van der Waals surface area (Å²) in [5.74, 6) is 1.34. The van der Waals surface area contributed by atoms with Gasteiger partial charge in [0.15, 0.2) is 0 Å². The van der Waals surface area contributed by atoms with Gasteiger partial charge in [-0.3, -0.25) is 0 Å². The number of anilines is 3. The molecular weight excluding hydrogens is 292 g/mol. The molecule has 0 spiro atoms. The fourth-order valence-corrected chi connectivity index (χ4v) is 1.86. The highest BCUT2D eigenvalue weighted by atomic mass is 79.9. The molecule has 18 heavy (non-hydrogen) atoms. The third kappa shape index (κ3) is 2.79. The van der Waals surface area contributed by atoms with E-state index in [4.69, 9.17) is 0 Å². The van der Waals surface area contributed by atoms with Crippen LogP contribution in [-0.4, -0.2) is 17.0 Å². The second kappa shape index (κ2) is 5.35. The molecule has 5 heteroatoms. The number of rotatable bonds is 3. The zero-order chi connectivity index (χ0) is 13.1. The van der Waals surface area contributed by atoms with Crippen molar-refractivity contribution in [1.29, 1.82) is 0 Å². The minimum Gasteiger partial charge on any atom is -0.357 e. The number of hydrogen-bond donors (Lipinski definition) is 2. The minimum absolute atomic E-state index is 0.589. The monoisotopic (exact) mass is 306 g/mol. The van der Waals surface area contributed by atoms with Gasteiger partial charge in [0.1, 0.15) is 5.82 Å². The van der Waals surface area contributed by atoms with E-state index in [0.29, 0.717) is 5.95 Å².